The van der Waals surface area contributed by atoms with E-state index in [1.54, 1.807) is 0 Å². The van der Waals surface area contributed by atoms with Crippen molar-refractivity contribution >= 4 is 0 Å². The Hall–Kier alpha value is -0.0800. The summed E-state index contributed by atoms with van der Waals surface area (Å²) in [5, 5.41) is 2.20. The second-order valence-electron chi connectivity index (χ2n) is 6.83. The summed E-state index contributed by atoms with van der Waals surface area (Å²) >= 11 is 0. The fourth-order valence-electron chi connectivity index (χ4n) is 3.81. The van der Waals surface area contributed by atoms with Gasteiger partial charge in [0.05, 0.1) is 0 Å². The fourth-order valence-corrected chi connectivity index (χ4v) is 3.81. The standard InChI is InChI=1S/C16H34N2/c1-7-10-11-14-12-15(5,8-2)18(17)16(6,9-3)13(14)4/h13-14H,7-12,17H2,1-6H3. The van der Waals surface area contributed by atoms with Gasteiger partial charge in [0.2, 0.25) is 0 Å². The summed E-state index contributed by atoms with van der Waals surface area (Å²) in [6.07, 6.45) is 7.59. The average Bonchev–Trinajstić information content (AvgIpc) is 2.39. The third kappa shape index (κ3) is 2.60. The highest BCUT2D eigenvalue weighted by Gasteiger charge is 2.50. The lowest BCUT2D eigenvalue weighted by atomic mass is 9.64. The van der Waals surface area contributed by atoms with Crippen molar-refractivity contribution in [3.63, 3.8) is 0 Å². The minimum atomic E-state index is 0.154. The second kappa shape index (κ2) is 5.92. The fraction of sp³-hybridized carbons (Fsp3) is 1.00. The van der Waals surface area contributed by atoms with Crippen LogP contribution < -0.4 is 5.84 Å². The van der Waals surface area contributed by atoms with Gasteiger partial charge in [0, 0.05) is 11.1 Å². The molecule has 18 heavy (non-hydrogen) atoms. The molecule has 1 heterocycles. The zero-order valence-corrected chi connectivity index (χ0v) is 13.4. The summed E-state index contributed by atoms with van der Waals surface area (Å²) in [7, 11) is 0. The number of piperidine rings is 1. The first kappa shape index (κ1) is 16.0. The van der Waals surface area contributed by atoms with E-state index in [2.05, 4.69) is 46.6 Å². The van der Waals surface area contributed by atoms with E-state index < -0.39 is 0 Å². The number of nitrogens with zero attached hydrogens (tertiary/aromatic N) is 1. The Kier molecular flexibility index (Phi) is 5.25. The summed E-state index contributed by atoms with van der Waals surface area (Å²) in [6, 6.07) is 0. The second-order valence-corrected chi connectivity index (χ2v) is 6.83. The van der Waals surface area contributed by atoms with Gasteiger partial charge >= 0.3 is 0 Å². The molecule has 0 aromatic carbocycles. The van der Waals surface area contributed by atoms with Gasteiger partial charge < -0.3 is 0 Å². The van der Waals surface area contributed by atoms with Crippen LogP contribution in [0.2, 0.25) is 0 Å². The zero-order chi connectivity index (χ0) is 14.0. The Morgan fingerprint density at radius 2 is 1.78 bits per heavy atom. The first-order valence-electron chi connectivity index (χ1n) is 7.90. The smallest absolute Gasteiger partial charge is 0.0355 e. The number of hydrogen-bond donors (Lipinski definition) is 1. The molecule has 0 aromatic heterocycles. The van der Waals surface area contributed by atoms with E-state index in [1.807, 2.05) is 0 Å². The monoisotopic (exact) mass is 254 g/mol. The summed E-state index contributed by atoms with van der Waals surface area (Å²) in [6.45, 7) is 14.0. The van der Waals surface area contributed by atoms with E-state index in [4.69, 9.17) is 5.84 Å². The molecule has 0 spiro atoms. The van der Waals surface area contributed by atoms with Gasteiger partial charge in [-0.1, -0.05) is 47.0 Å². The third-order valence-electron chi connectivity index (χ3n) is 5.93. The largest absolute Gasteiger partial charge is 0.268 e. The van der Waals surface area contributed by atoms with Crippen LogP contribution in [0.1, 0.15) is 80.1 Å². The van der Waals surface area contributed by atoms with Gasteiger partial charge in [0.15, 0.2) is 0 Å². The Morgan fingerprint density at radius 1 is 1.17 bits per heavy atom. The summed E-state index contributed by atoms with van der Waals surface area (Å²) in [5.74, 6) is 8.05. The molecule has 0 radical (unpaired) electrons. The molecular weight excluding hydrogens is 220 g/mol. The molecule has 1 aliphatic heterocycles. The third-order valence-corrected chi connectivity index (χ3v) is 5.93. The van der Waals surface area contributed by atoms with Gasteiger partial charge in [-0.2, -0.15) is 0 Å². The van der Waals surface area contributed by atoms with E-state index in [0.29, 0.717) is 5.92 Å². The number of hydrazine groups is 1. The van der Waals surface area contributed by atoms with Crippen LogP contribution in [0.4, 0.5) is 0 Å². The van der Waals surface area contributed by atoms with Crippen LogP contribution >= 0.6 is 0 Å². The highest BCUT2D eigenvalue weighted by molar-refractivity contribution is 5.03. The molecule has 4 unspecified atom stereocenters. The van der Waals surface area contributed by atoms with Crippen LogP contribution in [0.15, 0.2) is 0 Å². The molecule has 1 fully saturated rings. The Labute approximate surface area is 114 Å². The van der Waals surface area contributed by atoms with E-state index >= 15 is 0 Å². The first-order chi connectivity index (χ1) is 8.35. The molecular formula is C16H34N2. The van der Waals surface area contributed by atoms with Gasteiger partial charge in [-0.3, -0.25) is 5.84 Å². The average molecular weight is 254 g/mol. The van der Waals surface area contributed by atoms with E-state index in [1.165, 1.54) is 25.7 Å². The molecule has 0 aliphatic carbocycles. The topological polar surface area (TPSA) is 29.3 Å². The van der Waals surface area contributed by atoms with Crippen LogP contribution in [-0.2, 0) is 0 Å². The van der Waals surface area contributed by atoms with Crippen LogP contribution in [0.3, 0.4) is 0 Å². The summed E-state index contributed by atoms with van der Waals surface area (Å²) in [5.41, 5.74) is 0.330. The molecule has 1 aliphatic rings. The highest BCUT2D eigenvalue weighted by atomic mass is 15.5. The minimum Gasteiger partial charge on any atom is -0.268 e. The highest BCUT2D eigenvalue weighted by Crippen LogP contribution is 2.47. The lowest BCUT2D eigenvalue weighted by Gasteiger charge is -2.59. The molecule has 2 heteroatoms. The van der Waals surface area contributed by atoms with E-state index in [-0.39, 0.29) is 11.1 Å². The molecule has 2 nitrogen and oxygen atoms in total. The summed E-state index contributed by atoms with van der Waals surface area (Å²) in [4.78, 5) is 0. The van der Waals surface area contributed by atoms with Crippen molar-refractivity contribution in [2.24, 2.45) is 17.7 Å². The molecule has 0 saturated carbocycles. The Balaban J connectivity index is 2.97. The maximum Gasteiger partial charge on any atom is 0.0355 e. The van der Waals surface area contributed by atoms with Crippen molar-refractivity contribution in [2.45, 2.75) is 91.1 Å². The molecule has 1 saturated heterocycles. The maximum absolute atomic E-state index is 6.53. The maximum atomic E-state index is 6.53. The molecule has 0 aromatic rings. The molecule has 2 N–H and O–H groups in total. The summed E-state index contributed by atoms with van der Waals surface area (Å²) < 4.78 is 0. The van der Waals surface area contributed by atoms with Gasteiger partial charge in [-0.25, -0.2) is 5.01 Å². The van der Waals surface area contributed by atoms with Gasteiger partial charge in [0.1, 0.15) is 0 Å². The van der Waals surface area contributed by atoms with Crippen molar-refractivity contribution in [2.75, 3.05) is 0 Å². The van der Waals surface area contributed by atoms with E-state index in [0.717, 1.165) is 18.8 Å². The predicted molar refractivity (Wildman–Crippen MR) is 80.2 cm³/mol. The van der Waals surface area contributed by atoms with Crippen LogP contribution in [0.25, 0.3) is 0 Å². The van der Waals surface area contributed by atoms with Crippen LogP contribution in [0, 0.1) is 11.8 Å². The normalized spacial score (nSPS) is 42.2. The molecule has 1 rings (SSSR count). The predicted octanol–water partition coefficient (Wildman–Crippen LogP) is 4.35. The van der Waals surface area contributed by atoms with Crippen molar-refractivity contribution in [3.05, 3.63) is 0 Å². The lowest BCUT2D eigenvalue weighted by molar-refractivity contribution is -0.113. The van der Waals surface area contributed by atoms with Crippen molar-refractivity contribution in [1.82, 2.24) is 5.01 Å². The molecule has 4 atom stereocenters. The van der Waals surface area contributed by atoms with Gasteiger partial charge in [-0.15, -0.1) is 0 Å². The van der Waals surface area contributed by atoms with Crippen LogP contribution in [-0.4, -0.2) is 16.1 Å². The van der Waals surface area contributed by atoms with Gasteiger partial charge in [0.25, 0.3) is 0 Å². The van der Waals surface area contributed by atoms with Crippen molar-refractivity contribution < 1.29 is 0 Å². The van der Waals surface area contributed by atoms with Crippen molar-refractivity contribution in [1.29, 1.82) is 0 Å². The van der Waals surface area contributed by atoms with Crippen LogP contribution in [0.5, 0.6) is 0 Å². The first-order valence-corrected chi connectivity index (χ1v) is 7.90. The Morgan fingerprint density at radius 3 is 2.22 bits per heavy atom. The number of nitrogens with two attached hydrogens (primary N) is 1. The van der Waals surface area contributed by atoms with Gasteiger partial charge in [-0.05, 0) is 44.9 Å². The van der Waals surface area contributed by atoms with E-state index in [9.17, 15) is 0 Å². The molecule has 108 valence electrons. The van der Waals surface area contributed by atoms with Crippen molar-refractivity contribution in [3.8, 4) is 0 Å². The number of unbranched alkanes of at least 4 members (excludes halogenated alkanes) is 1. The minimum absolute atomic E-state index is 0.154. The lowest BCUT2D eigenvalue weighted by Crippen LogP contribution is -2.69. The SMILES string of the molecule is CCCCC1CC(C)(CC)N(N)C(C)(CC)C1C. The Bertz CT molecular complexity index is 266. The molecule has 0 amide bonds. The molecule has 0 bridgehead atoms. The number of hydrogen-bond acceptors (Lipinski definition) is 2. The zero-order valence-electron chi connectivity index (χ0n) is 13.4. The quantitative estimate of drug-likeness (QED) is 0.739. The number of rotatable bonds is 5.